The second-order valence-corrected chi connectivity index (χ2v) is 6.00. The van der Waals surface area contributed by atoms with Gasteiger partial charge in [-0.1, -0.05) is 18.2 Å². The largest absolute Gasteiger partial charge is 0.448 e. The molecule has 106 valence electrons. The lowest BCUT2D eigenvalue weighted by molar-refractivity contribution is -0.125. The average Bonchev–Trinajstić information content (AvgIpc) is 2.49. The van der Waals surface area contributed by atoms with E-state index < -0.39 is 12.1 Å². The fraction of sp³-hybridized carbons (Fsp3) is 0.125. The molecule has 0 aromatic heterocycles. The lowest BCUT2D eigenvalue weighted by Crippen LogP contribution is -2.37. The number of hydrogen-bond donors (Lipinski definition) is 1. The molecule has 1 aliphatic heterocycles. The van der Waals surface area contributed by atoms with Crippen molar-refractivity contribution in [1.82, 2.24) is 0 Å². The van der Waals surface area contributed by atoms with Crippen molar-refractivity contribution in [3.05, 3.63) is 63.2 Å². The van der Waals surface area contributed by atoms with Crippen molar-refractivity contribution in [3.8, 4) is 0 Å². The smallest absolute Gasteiger partial charge is 0.339 e. The number of carbonyl (C=O) groups excluding carboxylic acids is 2. The Morgan fingerprint density at radius 2 is 1.86 bits per heavy atom. The summed E-state index contributed by atoms with van der Waals surface area (Å²) in [5, 5.41) is 2.77. The fourth-order valence-electron chi connectivity index (χ4n) is 2.23. The molecule has 3 rings (SSSR count). The topological polar surface area (TPSA) is 55.4 Å². The third-order valence-corrected chi connectivity index (χ3v) is 4.02. The first-order valence-corrected chi connectivity index (χ1v) is 7.57. The minimum absolute atomic E-state index is 0.306. The van der Waals surface area contributed by atoms with Gasteiger partial charge in [0.2, 0.25) is 0 Å². The third-order valence-electron chi connectivity index (χ3n) is 3.30. The zero-order valence-corrected chi connectivity index (χ0v) is 13.2. The first-order chi connectivity index (χ1) is 10.1. The van der Waals surface area contributed by atoms with E-state index in [1.165, 1.54) is 0 Å². The molecule has 2 aromatic carbocycles. The molecule has 0 bridgehead atoms. The molecule has 0 saturated carbocycles. The second kappa shape index (κ2) is 5.85. The second-order valence-electron chi connectivity index (χ2n) is 4.75. The van der Waals surface area contributed by atoms with Crippen molar-refractivity contribution < 1.29 is 14.3 Å². The van der Waals surface area contributed by atoms with E-state index >= 15 is 0 Å². The Labute approximate surface area is 135 Å². The molecule has 0 saturated heterocycles. The van der Waals surface area contributed by atoms with Crippen molar-refractivity contribution in [2.75, 3.05) is 5.32 Å². The van der Waals surface area contributed by atoms with Crippen LogP contribution in [0.15, 0.2) is 48.5 Å². The number of fused-ring (bicyclic) bond motifs is 1. The molecule has 4 nitrogen and oxygen atoms in total. The van der Waals surface area contributed by atoms with Crippen LogP contribution in [0.4, 0.5) is 5.69 Å². The lowest BCUT2D eigenvalue weighted by atomic mass is 9.98. The van der Waals surface area contributed by atoms with Crippen LogP contribution in [-0.4, -0.2) is 18.0 Å². The molecule has 0 spiro atoms. The zero-order valence-electron chi connectivity index (χ0n) is 11.0. The maximum Gasteiger partial charge on any atom is 0.339 e. The average molecular weight is 393 g/mol. The summed E-state index contributed by atoms with van der Waals surface area (Å²) in [4.78, 5) is 24.1. The van der Waals surface area contributed by atoms with Gasteiger partial charge in [0.25, 0.3) is 5.91 Å². The summed E-state index contributed by atoms with van der Waals surface area (Å²) >= 11 is 2.19. The van der Waals surface area contributed by atoms with Crippen LogP contribution in [0, 0.1) is 3.57 Å². The Kier molecular flexibility index (Phi) is 3.92. The van der Waals surface area contributed by atoms with Crippen LogP contribution >= 0.6 is 22.6 Å². The van der Waals surface area contributed by atoms with E-state index in [0.29, 0.717) is 17.7 Å². The Morgan fingerprint density at radius 3 is 2.62 bits per heavy atom. The van der Waals surface area contributed by atoms with Gasteiger partial charge in [0.15, 0.2) is 6.10 Å². The molecular formula is C16H12INO3. The highest BCUT2D eigenvalue weighted by Gasteiger charge is 2.30. The van der Waals surface area contributed by atoms with Gasteiger partial charge in [0.1, 0.15) is 0 Å². The number of rotatable bonds is 2. The number of benzene rings is 2. The summed E-state index contributed by atoms with van der Waals surface area (Å²) in [5.74, 6) is -0.751. The number of halogens is 1. The van der Waals surface area contributed by atoms with E-state index in [9.17, 15) is 9.59 Å². The predicted octanol–water partition coefficient (Wildman–Crippen LogP) is 3.01. The molecule has 1 N–H and O–H groups in total. The first kappa shape index (κ1) is 14.1. The Hall–Kier alpha value is -1.89. The van der Waals surface area contributed by atoms with Gasteiger partial charge in [0, 0.05) is 15.7 Å². The third kappa shape index (κ3) is 3.07. The minimum atomic E-state index is -0.785. The summed E-state index contributed by atoms with van der Waals surface area (Å²) in [6, 6.07) is 14.6. The van der Waals surface area contributed by atoms with Gasteiger partial charge in [0.05, 0.1) is 5.56 Å². The van der Waals surface area contributed by atoms with Gasteiger partial charge in [-0.3, -0.25) is 4.79 Å². The van der Waals surface area contributed by atoms with Crippen LogP contribution in [0.1, 0.15) is 15.9 Å². The van der Waals surface area contributed by atoms with Crippen molar-refractivity contribution in [2.45, 2.75) is 12.5 Å². The molecule has 1 aliphatic rings. The number of amides is 1. The van der Waals surface area contributed by atoms with E-state index in [4.69, 9.17) is 4.74 Å². The molecular weight excluding hydrogens is 381 g/mol. The van der Waals surface area contributed by atoms with Crippen molar-refractivity contribution in [1.29, 1.82) is 0 Å². The molecule has 2 aromatic rings. The van der Waals surface area contributed by atoms with Crippen LogP contribution < -0.4 is 5.32 Å². The number of cyclic esters (lactones) is 1. The summed E-state index contributed by atoms with van der Waals surface area (Å²) < 4.78 is 6.30. The Morgan fingerprint density at radius 1 is 1.14 bits per heavy atom. The van der Waals surface area contributed by atoms with Crippen molar-refractivity contribution in [2.24, 2.45) is 0 Å². The summed E-state index contributed by atoms with van der Waals surface area (Å²) in [6.45, 7) is 0. The molecule has 1 atom stereocenters. The zero-order chi connectivity index (χ0) is 14.8. The standard InChI is InChI=1S/C16H12INO3/c17-11-5-7-12(8-6-11)18-15(19)14-9-10-3-1-2-4-13(10)16(20)21-14/h1-8,14H,9H2,(H,18,19)/t14-/m1/s1. The molecule has 0 aliphatic carbocycles. The quantitative estimate of drug-likeness (QED) is 0.631. The normalized spacial score (nSPS) is 16.8. The number of carbonyl (C=O) groups is 2. The van der Waals surface area contributed by atoms with Crippen LogP contribution in [0.3, 0.4) is 0 Å². The van der Waals surface area contributed by atoms with Crippen LogP contribution in [0.25, 0.3) is 0 Å². The maximum absolute atomic E-state index is 12.2. The monoisotopic (exact) mass is 393 g/mol. The van der Waals surface area contributed by atoms with Crippen molar-refractivity contribution >= 4 is 40.2 Å². The Balaban J connectivity index is 1.75. The van der Waals surface area contributed by atoms with Crippen molar-refractivity contribution in [3.63, 3.8) is 0 Å². The van der Waals surface area contributed by atoms with Crippen LogP contribution in [0.2, 0.25) is 0 Å². The highest BCUT2D eigenvalue weighted by molar-refractivity contribution is 14.1. The molecule has 0 fully saturated rings. The Bertz CT molecular complexity index is 697. The molecule has 0 radical (unpaired) electrons. The number of ether oxygens (including phenoxy) is 1. The highest BCUT2D eigenvalue weighted by Crippen LogP contribution is 2.21. The molecule has 5 heteroatoms. The van der Waals surface area contributed by atoms with Gasteiger partial charge in [-0.25, -0.2) is 4.79 Å². The SMILES string of the molecule is O=C1O[C@@H](C(=O)Nc2ccc(I)cc2)Cc2ccccc21. The van der Waals surface area contributed by atoms with Crippen LogP contribution in [-0.2, 0) is 16.0 Å². The van der Waals surface area contributed by atoms with Gasteiger partial charge >= 0.3 is 5.97 Å². The summed E-state index contributed by atoms with van der Waals surface area (Å²) in [5.41, 5.74) is 2.07. The molecule has 1 heterocycles. The first-order valence-electron chi connectivity index (χ1n) is 6.49. The number of anilines is 1. The van der Waals surface area contributed by atoms with E-state index in [1.807, 2.05) is 36.4 Å². The van der Waals surface area contributed by atoms with E-state index in [-0.39, 0.29) is 5.91 Å². The number of esters is 1. The highest BCUT2D eigenvalue weighted by atomic mass is 127. The lowest BCUT2D eigenvalue weighted by Gasteiger charge is -2.23. The predicted molar refractivity (Wildman–Crippen MR) is 87.1 cm³/mol. The van der Waals surface area contributed by atoms with Gasteiger partial charge < -0.3 is 10.1 Å². The van der Waals surface area contributed by atoms with Gasteiger partial charge in [-0.15, -0.1) is 0 Å². The van der Waals surface area contributed by atoms with Crippen LogP contribution in [0.5, 0.6) is 0 Å². The van der Waals surface area contributed by atoms with Gasteiger partial charge in [-0.05, 0) is 58.5 Å². The molecule has 0 unspecified atom stereocenters. The minimum Gasteiger partial charge on any atom is -0.448 e. The fourth-order valence-corrected chi connectivity index (χ4v) is 2.59. The molecule has 1 amide bonds. The number of nitrogens with one attached hydrogen (secondary N) is 1. The summed E-state index contributed by atoms with van der Waals surface area (Å²) in [6.07, 6.45) is -0.385. The van der Waals surface area contributed by atoms with E-state index in [2.05, 4.69) is 27.9 Å². The van der Waals surface area contributed by atoms with E-state index in [0.717, 1.165) is 9.13 Å². The van der Waals surface area contributed by atoms with E-state index in [1.54, 1.807) is 12.1 Å². The summed E-state index contributed by atoms with van der Waals surface area (Å²) in [7, 11) is 0. The maximum atomic E-state index is 12.2. The van der Waals surface area contributed by atoms with Gasteiger partial charge in [-0.2, -0.15) is 0 Å². The molecule has 21 heavy (non-hydrogen) atoms. The number of hydrogen-bond acceptors (Lipinski definition) is 3.